The molecule has 1 aromatic heterocycles. The number of piperidine rings is 1. The van der Waals surface area contributed by atoms with E-state index in [9.17, 15) is 9.59 Å². The van der Waals surface area contributed by atoms with Crippen LogP contribution in [-0.4, -0.2) is 59.5 Å². The van der Waals surface area contributed by atoms with E-state index in [1.54, 1.807) is 37.7 Å². The third kappa shape index (κ3) is 4.79. The standard InChI is InChI=1S/C27H31N5O3/c1-35-21-9-5-8-20(17-21)25(33)31-23(16-19-6-3-2-4-7-19)26(34)32-14-11-27(12-15-32)24-22(10-13-30-27)28-18-29-24/h2-9,17-18,23,30H,10-16H2,1H3,(H,28,29)(H,31,33)/t23-/m0/s1. The van der Waals surface area contributed by atoms with E-state index in [1.807, 2.05) is 35.2 Å². The van der Waals surface area contributed by atoms with Crippen LogP contribution in [0.1, 0.15) is 40.2 Å². The number of likely N-dealkylation sites (tertiary alicyclic amines) is 1. The Balaban J connectivity index is 1.32. The lowest BCUT2D eigenvalue weighted by atomic mass is 9.80. The maximum absolute atomic E-state index is 13.7. The molecule has 1 spiro atoms. The average Bonchev–Trinajstić information content (AvgIpc) is 3.40. The molecule has 8 heteroatoms. The number of nitrogens with one attached hydrogen (secondary N) is 3. The van der Waals surface area contributed by atoms with E-state index in [4.69, 9.17) is 4.74 Å². The molecule has 1 saturated heterocycles. The minimum Gasteiger partial charge on any atom is -0.497 e. The monoisotopic (exact) mass is 473 g/mol. The van der Waals surface area contributed by atoms with Crippen LogP contribution in [0.5, 0.6) is 5.75 Å². The first-order valence-electron chi connectivity index (χ1n) is 12.1. The summed E-state index contributed by atoms with van der Waals surface area (Å²) in [5.74, 6) is 0.252. The fraction of sp³-hybridized carbons (Fsp3) is 0.370. The van der Waals surface area contributed by atoms with Gasteiger partial charge in [0, 0.05) is 43.7 Å². The molecule has 0 radical (unpaired) electrons. The molecular formula is C27H31N5O3. The molecule has 0 saturated carbocycles. The van der Waals surface area contributed by atoms with Crippen molar-refractivity contribution in [2.24, 2.45) is 0 Å². The highest BCUT2D eigenvalue weighted by molar-refractivity contribution is 5.98. The molecule has 2 aliphatic heterocycles. The normalized spacial score (nSPS) is 17.5. The van der Waals surface area contributed by atoms with Crippen molar-refractivity contribution in [1.29, 1.82) is 0 Å². The zero-order valence-electron chi connectivity index (χ0n) is 19.9. The Morgan fingerprint density at radius 2 is 1.94 bits per heavy atom. The molecule has 2 aliphatic rings. The van der Waals surface area contributed by atoms with Gasteiger partial charge in [-0.25, -0.2) is 4.98 Å². The third-order valence-corrected chi connectivity index (χ3v) is 7.16. The fourth-order valence-corrected chi connectivity index (χ4v) is 5.23. The van der Waals surface area contributed by atoms with E-state index in [2.05, 4.69) is 20.6 Å². The molecule has 1 fully saturated rings. The first-order valence-corrected chi connectivity index (χ1v) is 12.1. The number of hydrogen-bond donors (Lipinski definition) is 3. The van der Waals surface area contributed by atoms with Gasteiger partial charge in [-0.2, -0.15) is 0 Å². The quantitative estimate of drug-likeness (QED) is 0.511. The first kappa shape index (κ1) is 23.1. The number of ether oxygens (including phenoxy) is 1. The molecule has 8 nitrogen and oxygen atoms in total. The molecule has 3 N–H and O–H groups in total. The molecule has 182 valence electrons. The van der Waals surface area contributed by atoms with Gasteiger partial charge in [0.25, 0.3) is 5.91 Å². The van der Waals surface area contributed by atoms with Gasteiger partial charge < -0.3 is 25.3 Å². The summed E-state index contributed by atoms with van der Waals surface area (Å²) in [5.41, 5.74) is 3.55. The van der Waals surface area contributed by atoms with Crippen molar-refractivity contribution >= 4 is 11.8 Å². The number of aromatic amines is 1. The van der Waals surface area contributed by atoms with E-state index >= 15 is 0 Å². The van der Waals surface area contributed by atoms with Crippen molar-refractivity contribution in [2.45, 2.75) is 37.3 Å². The Morgan fingerprint density at radius 3 is 2.71 bits per heavy atom. The number of hydrogen-bond acceptors (Lipinski definition) is 5. The van der Waals surface area contributed by atoms with Gasteiger partial charge in [-0.1, -0.05) is 36.4 Å². The van der Waals surface area contributed by atoms with Crippen LogP contribution in [0.4, 0.5) is 0 Å². The summed E-state index contributed by atoms with van der Waals surface area (Å²) in [6.45, 7) is 2.12. The number of imidazole rings is 1. The molecule has 0 bridgehead atoms. The number of methoxy groups -OCH3 is 1. The lowest BCUT2D eigenvalue weighted by molar-refractivity contribution is -0.135. The summed E-state index contributed by atoms with van der Waals surface area (Å²) in [4.78, 5) is 36.5. The van der Waals surface area contributed by atoms with Crippen molar-refractivity contribution in [3.8, 4) is 5.75 Å². The number of amides is 2. The molecule has 3 heterocycles. The van der Waals surface area contributed by atoms with E-state index in [0.29, 0.717) is 30.8 Å². The highest BCUT2D eigenvalue weighted by Crippen LogP contribution is 2.36. The van der Waals surface area contributed by atoms with Crippen LogP contribution in [0, 0.1) is 0 Å². The Labute approximate surface area is 205 Å². The summed E-state index contributed by atoms with van der Waals surface area (Å²) in [7, 11) is 1.56. The number of H-pyrrole nitrogens is 1. The smallest absolute Gasteiger partial charge is 0.252 e. The third-order valence-electron chi connectivity index (χ3n) is 7.16. The minimum absolute atomic E-state index is 0.0574. The van der Waals surface area contributed by atoms with Crippen molar-refractivity contribution < 1.29 is 14.3 Å². The van der Waals surface area contributed by atoms with Gasteiger partial charge in [0.15, 0.2) is 0 Å². The van der Waals surface area contributed by atoms with Crippen LogP contribution in [0.15, 0.2) is 60.9 Å². The molecule has 2 aromatic carbocycles. The number of carbonyl (C=O) groups excluding carboxylic acids is 2. The van der Waals surface area contributed by atoms with Crippen LogP contribution in [0.25, 0.3) is 0 Å². The van der Waals surface area contributed by atoms with Crippen LogP contribution in [-0.2, 0) is 23.2 Å². The Bertz CT molecular complexity index is 1180. The van der Waals surface area contributed by atoms with Gasteiger partial charge in [0.1, 0.15) is 11.8 Å². The number of benzene rings is 2. The van der Waals surface area contributed by atoms with E-state index < -0.39 is 6.04 Å². The van der Waals surface area contributed by atoms with Crippen molar-refractivity contribution in [3.05, 3.63) is 83.4 Å². The number of fused-ring (bicyclic) bond motifs is 2. The predicted octanol–water partition coefficient (Wildman–Crippen LogP) is 2.42. The Kier molecular flexibility index (Phi) is 6.55. The fourth-order valence-electron chi connectivity index (χ4n) is 5.23. The van der Waals surface area contributed by atoms with Gasteiger partial charge in [0.05, 0.1) is 24.7 Å². The lowest BCUT2D eigenvalue weighted by Gasteiger charge is -2.44. The summed E-state index contributed by atoms with van der Waals surface area (Å²) in [5, 5.41) is 6.66. The van der Waals surface area contributed by atoms with Gasteiger partial charge in [-0.05, 0) is 36.6 Å². The topological polar surface area (TPSA) is 99.4 Å². The zero-order chi connectivity index (χ0) is 24.3. The minimum atomic E-state index is -0.662. The van der Waals surface area contributed by atoms with Gasteiger partial charge in [0.2, 0.25) is 5.91 Å². The summed E-state index contributed by atoms with van der Waals surface area (Å²) in [6.07, 6.45) is 4.71. The molecule has 0 unspecified atom stereocenters. The Morgan fingerprint density at radius 1 is 1.14 bits per heavy atom. The summed E-state index contributed by atoms with van der Waals surface area (Å²) >= 11 is 0. The van der Waals surface area contributed by atoms with Crippen molar-refractivity contribution in [2.75, 3.05) is 26.7 Å². The molecule has 5 rings (SSSR count). The van der Waals surface area contributed by atoms with Gasteiger partial charge >= 0.3 is 0 Å². The van der Waals surface area contributed by atoms with E-state index in [0.717, 1.165) is 37.1 Å². The van der Waals surface area contributed by atoms with Crippen molar-refractivity contribution in [3.63, 3.8) is 0 Å². The molecule has 1 atom stereocenters. The van der Waals surface area contributed by atoms with E-state index in [1.165, 1.54) is 5.69 Å². The molecule has 2 amide bonds. The van der Waals surface area contributed by atoms with Crippen LogP contribution < -0.4 is 15.4 Å². The highest BCUT2D eigenvalue weighted by atomic mass is 16.5. The molecule has 3 aromatic rings. The molecular weight excluding hydrogens is 442 g/mol. The second-order valence-corrected chi connectivity index (χ2v) is 9.26. The van der Waals surface area contributed by atoms with Crippen LogP contribution in [0.3, 0.4) is 0 Å². The largest absolute Gasteiger partial charge is 0.497 e. The lowest BCUT2D eigenvalue weighted by Crippen LogP contribution is -2.58. The van der Waals surface area contributed by atoms with Gasteiger partial charge in [-0.3, -0.25) is 9.59 Å². The number of nitrogens with zero attached hydrogens (tertiary/aromatic N) is 2. The highest BCUT2D eigenvalue weighted by Gasteiger charge is 2.42. The number of carbonyl (C=O) groups is 2. The van der Waals surface area contributed by atoms with Crippen LogP contribution >= 0.6 is 0 Å². The number of aromatic nitrogens is 2. The summed E-state index contributed by atoms with van der Waals surface area (Å²) in [6, 6.07) is 16.1. The molecule has 0 aliphatic carbocycles. The first-order chi connectivity index (χ1) is 17.1. The summed E-state index contributed by atoms with van der Waals surface area (Å²) < 4.78 is 5.25. The van der Waals surface area contributed by atoms with Crippen LogP contribution in [0.2, 0.25) is 0 Å². The predicted molar refractivity (Wildman–Crippen MR) is 132 cm³/mol. The second-order valence-electron chi connectivity index (χ2n) is 9.26. The average molecular weight is 474 g/mol. The molecule has 35 heavy (non-hydrogen) atoms. The van der Waals surface area contributed by atoms with Crippen molar-refractivity contribution in [1.82, 2.24) is 25.5 Å². The maximum atomic E-state index is 13.7. The number of rotatable bonds is 6. The second kappa shape index (κ2) is 9.92. The Hall–Kier alpha value is -3.65. The van der Waals surface area contributed by atoms with E-state index in [-0.39, 0.29) is 17.4 Å². The maximum Gasteiger partial charge on any atom is 0.252 e. The zero-order valence-corrected chi connectivity index (χ0v) is 19.9. The SMILES string of the molecule is COc1cccc(C(=O)N[C@@H](Cc2ccccc2)C(=O)N2CCC3(CC2)NCCc2[nH]cnc23)c1. The van der Waals surface area contributed by atoms with Gasteiger partial charge in [-0.15, -0.1) is 0 Å².